The topological polar surface area (TPSA) is 112 Å². The van der Waals surface area contributed by atoms with E-state index < -0.39 is 10.8 Å². The minimum absolute atomic E-state index is 0.154. The molecule has 1 N–H and O–H groups in total. The molecule has 0 saturated heterocycles. The Morgan fingerprint density at radius 1 is 1.12 bits per heavy atom. The fraction of sp³-hybridized carbons (Fsp3) is 0.0870. The molecular weight excluding hydrogens is 429 g/mol. The summed E-state index contributed by atoms with van der Waals surface area (Å²) >= 11 is 0. The number of nitro groups is 1. The zero-order valence-corrected chi connectivity index (χ0v) is 17.4. The number of ether oxygens (including phenoxy) is 1. The van der Waals surface area contributed by atoms with E-state index in [4.69, 9.17) is 4.74 Å². The summed E-state index contributed by atoms with van der Waals surface area (Å²) in [6.07, 6.45) is 0. The second-order valence-corrected chi connectivity index (χ2v) is 6.88. The number of benzene rings is 3. The molecule has 3 aromatic carbocycles. The lowest BCUT2D eigenvalue weighted by atomic mass is 10.1. The number of nitro benzene ring substituents is 1. The second kappa shape index (κ2) is 9.27. The van der Waals surface area contributed by atoms with Crippen molar-refractivity contribution in [1.29, 1.82) is 0 Å². The SMILES string of the molecule is CCOc1nc(-c2ccc(F)cc2)n(-c2cccc(NC(=O)c3cccc([N+](=O)[O-])c3)c2)n1. The summed E-state index contributed by atoms with van der Waals surface area (Å²) in [6, 6.07) is 18.3. The van der Waals surface area contributed by atoms with Crippen molar-refractivity contribution in [2.75, 3.05) is 11.9 Å². The average molecular weight is 447 g/mol. The predicted octanol–water partition coefficient (Wildman–Crippen LogP) is 4.63. The number of carbonyl (C=O) groups is 1. The molecule has 4 rings (SSSR count). The first kappa shape index (κ1) is 21.6. The Balaban J connectivity index is 1.66. The molecule has 0 bridgehead atoms. The van der Waals surface area contributed by atoms with Gasteiger partial charge in [0.15, 0.2) is 5.82 Å². The van der Waals surface area contributed by atoms with E-state index in [1.54, 1.807) is 36.4 Å². The molecule has 9 nitrogen and oxygen atoms in total. The van der Waals surface area contributed by atoms with E-state index in [-0.39, 0.29) is 23.1 Å². The van der Waals surface area contributed by atoms with Crippen LogP contribution < -0.4 is 10.1 Å². The Labute approximate surface area is 187 Å². The molecule has 0 atom stereocenters. The number of anilines is 1. The molecule has 0 spiro atoms. The number of hydrogen-bond donors (Lipinski definition) is 1. The van der Waals surface area contributed by atoms with Crippen LogP contribution in [0.5, 0.6) is 6.01 Å². The standard InChI is InChI=1S/C23H18FN5O4/c1-2-33-23-26-21(15-9-11-17(24)12-10-15)28(27-23)19-7-4-6-18(14-19)25-22(30)16-5-3-8-20(13-16)29(31)32/h3-14H,2H2,1H3,(H,25,30). The van der Waals surface area contributed by atoms with E-state index in [9.17, 15) is 19.3 Å². The lowest BCUT2D eigenvalue weighted by Crippen LogP contribution is -2.12. The zero-order valence-electron chi connectivity index (χ0n) is 17.4. The normalized spacial score (nSPS) is 10.6. The lowest BCUT2D eigenvalue weighted by Gasteiger charge is -2.09. The van der Waals surface area contributed by atoms with Gasteiger partial charge in [-0.05, 0) is 55.5 Å². The van der Waals surface area contributed by atoms with Gasteiger partial charge in [0, 0.05) is 28.9 Å². The van der Waals surface area contributed by atoms with Crippen LogP contribution in [0, 0.1) is 15.9 Å². The molecule has 4 aromatic rings. The summed E-state index contributed by atoms with van der Waals surface area (Å²) in [5.41, 5.74) is 1.63. The highest BCUT2D eigenvalue weighted by atomic mass is 19.1. The molecule has 1 heterocycles. The number of nitrogens with zero attached hydrogens (tertiary/aromatic N) is 4. The van der Waals surface area contributed by atoms with Crippen LogP contribution >= 0.6 is 0 Å². The molecule has 0 radical (unpaired) electrons. The highest BCUT2D eigenvalue weighted by Crippen LogP contribution is 2.25. The van der Waals surface area contributed by atoms with Crippen molar-refractivity contribution >= 4 is 17.3 Å². The Hall–Kier alpha value is -4.60. The van der Waals surface area contributed by atoms with E-state index in [0.29, 0.717) is 29.4 Å². The van der Waals surface area contributed by atoms with Crippen molar-refractivity contribution < 1.29 is 18.8 Å². The van der Waals surface area contributed by atoms with Crippen molar-refractivity contribution in [2.24, 2.45) is 0 Å². The van der Waals surface area contributed by atoms with E-state index in [0.717, 1.165) is 0 Å². The lowest BCUT2D eigenvalue weighted by molar-refractivity contribution is -0.384. The van der Waals surface area contributed by atoms with Crippen molar-refractivity contribution in [3.8, 4) is 23.1 Å². The second-order valence-electron chi connectivity index (χ2n) is 6.88. The van der Waals surface area contributed by atoms with Gasteiger partial charge in [-0.2, -0.15) is 4.98 Å². The van der Waals surface area contributed by atoms with Gasteiger partial charge in [-0.1, -0.05) is 12.1 Å². The van der Waals surface area contributed by atoms with E-state index >= 15 is 0 Å². The molecular formula is C23H18FN5O4. The summed E-state index contributed by atoms with van der Waals surface area (Å²) in [5, 5.41) is 18.1. The van der Waals surface area contributed by atoms with Gasteiger partial charge in [0.25, 0.3) is 11.6 Å². The van der Waals surface area contributed by atoms with Crippen LogP contribution in [0.2, 0.25) is 0 Å². The molecule has 0 unspecified atom stereocenters. The zero-order chi connectivity index (χ0) is 23.4. The van der Waals surface area contributed by atoms with E-state index in [1.807, 2.05) is 6.92 Å². The maximum absolute atomic E-state index is 13.4. The van der Waals surface area contributed by atoms with Crippen molar-refractivity contribution in [1.82, 2.24) is 14.8 Å². The fourth-order valence-corrected chi connectivity index (χ4v) is 3.13. The first-order valence-corrected chi connectivity index (χ1v) is 9.96. The molecule has 0 fully saturated rings. The van der Waals surface area contributed by atoms with Gasteiger partial charge < -0.3 is 10.1 Å². The van der Waals surface area contributed by atoms with Gasteiger partial charge in [-0.3, -0.25) is 14.9 Å². The van der Waals surface area contributed by atoms with Crippen molar-refractivity contribution in [3.05, 3.63) is 94.3 Å². The minimum atomic E-state index is -0.560. The first-order valence-electron chi connectivity index (χ1n) is 9.96. The highest BCUT2D eigenvalue weighted by Gasteiger charge is 2.16. The minimum Gasteiger partial charge on any atom is -0.463 e. The van der Waals surface area contributed by atoms with E-state index in [2.05, 4.69) is 15.4 Å². The summed E-state index contributed by atoms with van der Waals surface area (Å²) in [4.78, 5) is 27.4. The molecule has 0 aliphatic rings. The van der Waals surface area contributed by atoms with Gasteiger partial charge in [0.1, 0.15) is 5.82 Å². The Kier molecular flexibility index (Phi) is 6.07. The largest absolute Gasteiger partial charge is 0.463 e. The Bertz CT molecular complexity index is 1320. The van der Waals surface area contributed by atoms with Gasteiger partial charge in [0.2, 0.25) is 0 Å². The van der Waals surface area contributed by atoms with Crippen LogP contribution in [0.25, 0.3) is 17.1 Å². The number of hydrogen-bond acceptors (Lipinski definition) is 6. The maximum Gasteiger partial charge on any atom is 0.336 e. The highest BCUT2D eigenvalue weighted by molar-refractivity contribution is 6.04. The first-order chi connectivity index (χ1) is 15.9. The maximum atomic E-state index is 13.4. The van der Waals surface area contributed by atoms with Gasteiger partial charge >= 0.3 is 6.01 Å². The monoisotopic (exact) mass is 447 g/mol. The third-order valence-corrected chi connectivity index (χ3v) is 4.63. The molecule has 1 amide bonds. The number of nitrogens with one attached hydrogen (secondary N) is 1. The van der Waals surface area contributed by atoms with Crippen LogP contribution in [0.1, 0.15) is 17.3 Å². The average Bonchev–Trinajstić information content (AvgIpc) is 3.24. The number of non-ortho nitro benzene ring substituents is 1. The number of aromatic nitrogens is 3. The van der Waals surface area contributed by atoms with Gasteiger partial charge in [-0.15, -0.1) is 5.10 Å². The summed E-state index contributed by atoms with van der Waals surface area (Å²) in [6.45, 7) is 2.18. The van der Waals surface area contributed by atoms with Crippen LogP contribution in [0.15, 0.2) is 72.8 Å². The summed E-state index contributed by atoms with van der Waals surface area (Å²) in [7, 11) is 0. The third kappa shape index (κ3) is 4.85. The molecule has 33 heavy (non-hydrogen) atoms. The van der Waals surface area contributed by atoms with Crippen LogP contribution in [-0.2, 0) is 0 Å². The Morgan fingerprint density at radius 2 is 1.88 bits per heavy atom. The Morgan fingerprint density at radius 3 is 2.61 bits per heavy atom. The summed E-state index contributed by atoms with van der Waals surface area (Å²) < 4.78 is 20.4. The van der Waals surface area contributed by atoms with Crippen LogP contribution in [0.3, 0.4) is 0 Å². The van der Waals surface area contributed by atoms with E-state index in [1.165, 1.54) is 41.1 Å². The molecule has 0 aliphatic carbocycles. The van der Waals surface area contributed by atoms with Crippen molar-refractivity contribution in [3.63, 3.8) is 0 Å². The third-order valence-electron chi connectivity index (χ3n) is 4.63. The molecule has 0 aliphatic heterocycles. The predicted molar refractivity (Wildman–Crippen MR) is 119 cm³/mol. The number of halogens is 1. The molecule has 10 heteroatoms. The van der Waals surface area contributed by atoms with Gasteiger partial charge in [-0.25, -0.2) is 9.07 Å². The number of rotatable bonds is 7. The number of carbonyl (C=O) groups excluding carboxylic acids is 1. The summed E-state index contributed by atoms with van der Waals surface area (Å²) in [5.74, 6) is -0.440. The quantitative estimate of drug-likeness (QED) is 0.326. The smallest absolute Gasteiger partial charge is 0.336 e. The van der Waals surface area contributed by atoms with Crippen molar-refractivity contribution in [2.45, 2.75) is 6.92 Å². The number of amides is 1. The molecule has 166 valence electrons. The fourth-order valence-electron chi connectivity index (χ4n) is 3.13. The van der Waals surface area contributed by atoms with Crippen LogP contribution in [0.4, 0.5) is 15.8 Å². The van der Waals surface area contributed by atoms with Gasteiger partial charge in [0.05, 0.1) is 17.2 Å². The molecule has 0 saturated carbocycles. The van der Waals surface area contributed by atoms with Crippen LogP contribution in [-0.4, -0.2) is 32.2 Å². The molecule has 1 aromatic heterocycles.